The predicted octanol–water partition coefficient (Wildman–Crippen LogP) is 4.44. The summed E-state index contributed by atoms with van der Waals surface area (Å²) < 4.78 is 1.80. The molecule has 0 saturated heterocycles. The topological polar surface area (TPSA) is 59.8 Å². The minimum absolute atomic E-state index is 0.0555. The van der Waals surface area contributed by atoms with Crippen molar-refractivity contribution < 1.29 is 4.79 Å². The van der Waals surface area contributed by atoms with Crippen LogP contribution in [0, 0.1) is 6.92 Å². The van der Waals surface area contributed by atoms with E-state index in [-0.39, 0.29) is 17.2 Å². The molecular formula is C19H22N4OS. The second kappa shape index (κ2) is 7.27. The Morgan fingerprint density at radius 2 is 1.96 bits per heavy atom. The minimum Gasteiger partial charge on any atom is -0.310 e. The summed E-state index contributed by atoms with van der Waals surface area (Å²) in [5.74, 6) is 0.662. The third kappa shape index (κ3) is 3.85. The van der Waals surface area contributed by atoms with Gasteiger partial charge in [-0.25, -0.2) is 9.67 Å². The third-order valence-electron chi connectivity index (χ3n) is 3.98. The molecular weight excluding hydrogens is 332 g/mol. The normalized spacial score (nSPS) is 12.5. The number of fused-ring (bicyclic) bond motifs is 1. The maximum absolute atomic E-state index is 12.5. The molecule has 0 fully saturated rings. The van der Waals surface area contributed by atoms with Crippen LogP contribution < -0.4 is 5.32 Å². The number of anilines is 1. The van der Waals surface area contributed by atoms with Gasteiger partial charge in [-0.2, -0.15) is 5.10 Å². The minimum atomic E-state index is -0.261. The van der Waals surface area contributed by atoms with E-state index >= 15 is 0 Å². The van der Waals surface area contributed by atoms with Gasteiger partial charge in [-0.3, -0.25) is 4.79 Å². The van der Waals surface area contributed by atoms with Crippen LogP contribution in [0.4, 0.5) is 5.82 Å². The molecule has 1 atom stereocenters. The van der Waals surface area contributed by atoms with Crippen molar-refractivity contribution in [2.24, 2.45) is 0 Å². The Hall–Kier alpha value is -2.34. The summed E-state index contributed by atoms with van der Waals surface area (Å²) in [6.45, 7) is 8.02. The second-order valence-electron chi connectivity index (χ2n) is 6.30. The summed E-state index contributed by atoms with van der Waals surface area (Å²) >= 11 is 1.46. The van der Waals surface area contributed by atoms with Crippen molar-refractivity contribution in [3.05, 3.63) is 48.2 Å². The highest BCUT2D eigenvalue weighted by Crippen LogP contribution is 2.27. The average Bonchev–Trinajstić information content (AvgIpc) is 3.03. The van der Waals surface area contributed by atoms with Crippen LogP contribution in [0.2, 0.25) is 0 Å². The average molecular weight is 354 g/mol. The van der Waals surface area contributed by atoms with Gasteiger partial charge in [0.2, 0.25) is 5.91 Å². The van der Waals surface area contributed by atoms with Crippen LogP contribution in [0.5, 0.6) is 0 Å². The lowest BCUT2D eigenvalue weighted by atomic mass is 10.1. The molecule has 3 rings (SSSR count). The van der Waals surface area contributed by atoms with Crippen LogP contribution in [0.3, 0.4) is 0 Å². The van der Waals surface area contributed by atoms with Gasteiger partial charge in [0.25, 0.3) is 0 Å². The fraction of sp³-hybridized carbons (Fsp3) is 0.316. The first kappa shape index (κ1) is 17.5. The van der Waals surface area contributed by atoms with Crippen LogP contribution in [-0.4, -0.2) is 25.9 Å². The highest BCUT2D eigenvalue weighted by Gasteiger charge is 2.18. The Morgan fingerprint density at radius 3 is 2.72 bits per heavy atom. The van der Waals surface area contributed by atoms with Crippen LogP contribution in [0.15, 0.2) is 47.6 Å². The molecule has 0 saturated carbocycles. The number of carbonyl (C=O) groups excluding carboxylic acids is 1. The Morgan fingerprint density at radius 1 is 1.20 bits per heavy atom. The SMILES string of the molecule is Cc1cc(SC(C)C(=O)Nc2ccnn2C(C)C)nc2ccccc12. The summed E-state index contributed by atoms with van der Waals surface area (Å²) in [7, 11) is 0. The first-order valence-corrected chi connectivity index (χ1v) is 9.21. The molecule has 0 spiro atoms. The molecule has 6 heteroatoms. The standard InChI is InChI=1S/C19H22N4OS/c1-12(2)23-17(9-10-20-23)22-19(24)14(4)25-18-11-13(3)15-7-5-6-8-16(15)21-18/h5-12,14H,1-4H3,(H,22,24). The molecule has 1 unspecified atom stereocenters. The smallest absolute Gasteiger partial charge is 0.238 e. The largest absolute Gasteiger partial charge is 0.310 e. The van der Waals surface area contributed by atoms with E-state index in [4.69, 9.17) is 0 Å². The Bertz CT molecular complexity index is 903. The zero-order chi connectivity index (χ0) is 18.0. The van der Waals surface area contributed by atoms with Crippen molar-refractivity contribution in [3.63, 3.8) is 0 Å². The maximum Gasteiger partial charge on any atom is 0.238 e. The van der Waals surface area contributed by atoms with Crippen LogP contribution in [0.1, 0.15) is 32.4 Å². The highest BCUT2D eigenvalue weighted by molar-refractivity contribution is 8.00. The number of amides is 1. The zero-order valence-electron chi connectivity index (χ0n) is 14.9. The molecule has 25 heavy (non-hydrogen) atoms. The highest BCUT2D eigenvalue weighted by atomic mass is 32.2. The van der Waals surface area contributed by atoms with Crippen molar-refractivity contribution in [2.75, 3.05) is 5.32 Å². The van der Waals surface area contributed by atoms with E-state index < -0.39 is 0 Å². The van der Waals surface area contributed by atoms with Crippen LogP contribution >= 0.6 is 11.8 Å². The number of nitrogens with one attached hydrogen (secondary N) is 1. The van der Waals surface area contributed by atoms with Gasteiger partial charge in [-0.15, -0.1) is 0 Å². The maximum atomic E-state index is 12.5. The van der Waals surface area contributed by atoms with Crippen molar-refractivity contribution in [1.29, 1.82) is 0 Å². The van der Waals surface area contributed by atoms with Gasteiger partial charge in [-0.05, 0) is 45.4 Å². The summed E-state index contributed by atoms with van der Waals surface area (Å²) in [4.78, 5) is 17.2. The van der Waals surface area contributed by atoms with E-state index in [0.29, 0.717) is 0 Å². The van der Waals surface area contributed by atoms with E-state index in [1.165, 1.54) is 17.3 Å². The number of rotatable bonds is 5. The quantitative estimate of drug-likeness (QED) is 0.688. The predicted molar refractivity (Wildman–Crippen MR) is 103 cm³/mol. The number of hydrogen-bond donors (Lipinski definition) is 1. The van der Waals surface area contributed by atoms with E-state index in [2.05, 4.69) is 28.4 Å². The van der Waals surface area contributed by atoms with Crippen molar-refractivity contribution in [2.45, 2.75) is 44.0 Å². The number of nitrogens with zero attached hydrogens (tertiary/aromatic N) is 3. The molecule has 0 aliphatic carbocycles. The van der Waals surface area contributed by atoms with Crippen molar-refractivity contribution in [1.82, 2.24) is 14.8 Å². The summed E-state index contributed by atoms with van der Waals surface area (Å²) in [6.07, 6.45) is 1.70. The van der Waals surface area contributed by atoms with Gasteiger partial charge < -0.3 is 5.32 Å². The lowest BCUT2D eigenvalue weighted by Gasteiger charge is -2.15. The fourth-order valence-electron chi connectivity index (χ4n) is 2.67. The molecule has 0 aliphatic heterocycles. The Labute approximate surface area is 151 Å². The van der Waals surface area contributed by atoms with Gasteiger partial charge in [-0.1, -0.05) is 30.0 Å². The number of thioether (sulfide) groups is 1. The number of benzene rings is 1. The van der Waals surface area contributed by atoms with Gasteiger partial charge in [0.05, 0.1) is 22.0 Å². The number of hydrogen-bond acceptors (Lipinski definition) is 4. The zero-order valence-corrected chi connectivity index (χ0v) is 15.7. The monoisotopic (exact) mass is 354 g/mol. The third-order valence-corrected chi connectivity index (χ3v) is 5.00. The molecule has 1 aromatic carbocycles. The summed E-state index contributed by atoms with van der Waals surface area (Å²) in [6, 6.07) is 12.1. The molecule has 3 aromatic rings. The van der Waals surface area contributed by atoms with E-state index in [0.717, 1.165) is 21.7 Å². The summed E-state index contributed by atoms with van der Waals surface area (Å²) in [5.41, 5.74) is 2.12. The first-order valence-electron chi connectivity index (χ1n) is 8.33. The molecule has 1 N–H and O–H groups in total. The van der Waals surface area contributed by atoms with E-state index in [9.17, 15) is 4.79 Å². The number of carbonyl (C=O) groups is 1. The number of aryl methyl sites for hydroxylation is 1. The first-order chi connectivity index (χ1) is 12.0. The Kier molecular flexibility index (Phi) is 5.08. The molecule has 0 aliphatic rings. The van der Waals surface area contributed by atoms with Gasteiger partial charge >= 0.3 is 0 Å². The number of para-hydroxylation sites is 1. The lowest BCUT2D eigenvalue weighted by Crippen LogP contribution is -2.24. The number of aromatic nitrogens is 3. The molecule has 130 valence electrons. The number of pyridine rings is 1. The van der Waals surface area contributed by atoms with Gasteiger partial charge in [0.1, 0.15) is 5.82 Å². The second-order valence-corrected chi connectivity index (χ2v) is 7.66. The van der Waals surface area contributed by atoms with Gasteiger partial charge in [0, 0.05) is 17.5 Å². The molecule has 2 aromatic heterocycles. The van der Waals surface area contributed by atoms with Crippen LogP contribution in [-0.2, 0) is 4.79 Å². The lowest BCUT2D eigenvalue weighted by molar-refractivity contribution is -0.115. The Balaban J connectivity index is 1.74. The molecule has 0 bridgehead atoms. The van der Waals surface area contributed by atoms with Crippen molar-refractivity contribution >= 4 is 34.4 Å². The summed E-state index contributed by atoms with van der Waals surface area (Å²) in [5, 5.41) is 8.94. The molecule has 1 amide bonds. The molecule has 0 radical (unpaired) electrons. The fourth-order valence-corrected chi connectivity index (χ4v) is 3.59. The van der Waals surface area contributed by atoms with Crippen molar-refractivity contribution in [3.8, 4) is 0 Å². The van der Waals surface area contributed by atoms with E-state index in [1.807, 2.05) is 51.1 Å². The van der Waals surface area contributed by atoms with Gasteiger partial charge in [0.15, 0.2) is 0 Å². The molecule has 2 heterocycles. The molecule has 5 nitrogen and oxygen atoms in total. The van der Waals surface area contributed by atoms with E-state index in [1.54, 1.807) is 10.9 Å². The van der Waals surface area contributed by atoms with Crippen LogP contribution in [0.25, 0.3) is 10.9 Å².